The maximum Gasteiger partial charge on any atom is 0.221 e. The molecule has 1 aliphatic carbocycles. The zero-order chi connectivity index (χ0) is 15.0. The highest BCUT2D eigenvalue weighted by Crippen LogP contribution is 2.22. The highest BCUT2D eigenvalue weighted by molar-refractivity contribution is 5.78. The number of nitrogens with one attached hydrogen (secondary N) is 1. The summed E-state index contributed by atoms with van der Waals surface area (Å²) in [5.41, 5.74) is 0. The Labute approximate surface area is 122 Å². The van der Waals surface area contributed by atoms with E-state index in [1.165, 1.54) is 19.3 Å². The molecule has 0 aliphatic heterocycles. The third-order valence-electron chi connectivity index (χ3n) is 3.88. The van der Waals surface area contributed by atoms with Crippen LogP contribution in [0, 0.1) is 0 Å². The summed E-state index contributed by atoms with van der Waals surface area (Å²) < 4.78 is 0. The Balaban J connectivity index is 2.31. The molecule has 0 aromatic heterocycles. The van der Waals surface area contributed by atoms with E-state index >= 15 is 0 Å². The molecule has 5 heteroatoms. The summed E-state index contributed by atoms with van der Waals surface area (Å²) >= 11 is 0. The summed E-state index contributed by atoms with van der Waals surface area (Å²) in [5.74, 6) is 0.131. The van der Waals surface area contributed by atoms with Crippen LogP contribution in [-0.2, 0) is 9.59 Å². The van der Waals surface area contributed by atoms with Crippen LogP contribution in [0.2, 0.25) is 0 Å². The van der Waals surface area contributed by atoms with Crippen molar-refractivity contribution >= 4 is 11.8 Å². The first-order valence-electron chi connectivity index (χ1n) is 7.69. The molecule has 0 bridgehead atoms. The highest BCUT2D eigenvalue weighted by atomic mass is 16.2. The lowest BCUT2D eigenvalue weighted by Gasteiger charge is -2.33. The predicted octanol–water partition coefficient (Wildman–Crippen LogP) is 1.24. The largest absolute Gasteiger partial charge is 0.355 e. The fourth-order valence-electron chi connectivity index (χ4n) is 2.72. The molecule has 116 valence electrons. The van der Waals surface area contributed by atoms with E-state index in [1.807, 2.05) is 23.9 Å². The smallest absolute Gasteiger partial charge is 0.221 e. The van der Waals surface area contributed by atoms with Crippen LogP contribution in [0.1, 0.15) is 45.4 Å². The Bertz CT molecular complexity index is 312. The second kappa shape index (κ2) is 8.95. The molecule has 0 aromatic carbocycles. The maximum atomic E-state index is 11.8. The first kappa shape index (κ1) is 17.0. The van der Waals surface area contributed by atoms with Crippen molar-refractivity contribution in [2.45, 2.75) is 51.5 Å². The molecule has 1 aliphatic rings. The lowest BCUT2D eigenvalue weighted by molar-refractivity contribution is -0.132. The van der Waals surface area contributed by atoms with Gasteiger partial charge in [-0.25, -0.2) is 0 Å². The van der Waals surface area contributed by atoms with Crippen molar-refractivity contribution < 1.29 is 9.59 Å². The van der Waals surface area contributed by atoms with E-state index in [0.717, 1.165) is 19.4 Å². The van der Waals surface area contributed by atoms with Crippen LogP contribution in [0.3, 0.4) is 0 Å². The zero-order valence-corrected chi connectivity index (χ0v) is 13.2. The van der Waals surface area contributed by atoms with Crippen molar-refractivity contribution in [2.75, 3.05) is 33.7 Å². The maximum absolute atomic E-state index is 11.8. The molecule has 0 saturated heterocycles. The summed E-state index contributed by atoms with van der Waals surface area (Å²) in [6.07, 6.45) is 6.24. The zero-order valence-electron chi connectivity index (χ0n) is 13.2. The van der Waals surface area contributed by atoms with E-state index in [2.05, 4.69) is 5.32 Å². The number of carbonyl (C=O) groups excluding carboxylic acids is 2. The van der Waals surface area contributed by atoms with Crippen molar-refractivity contribution in [1.82, 2.24) is 15.1 Å². The monoisotopic (exact) mass is 283 g/mol. The normalized spacial score (nSPS) is 16.2. The summed E-state index contributed by atoms with van der Waals surface area (Å²) in [4.78, 5) is 27.4. The van der Waals surface area contributed by atoms with Gasteiger partial charge in [0.25, 0.3) is 0 Å². The molecule has 0 unspecified atom stereocenters. The third kappa shape index (κ3) is 6.37. The Morgan fingerprint density at radius 2 is 1.75 bits per heavy atom. The number of carbonyl (C=O) groups is 2. The molecule has 0 spiro atoms. The molecule has 1 fully saturated rings. The molecule has 0 heterocycles. The molecule has 0 radical (unpaired) electrons. The quantitative estimate of drug-likeness (QED) is 0.765. The second-order valence-corrected chi connectivity index (χ2v) is 5.91. The first-order chi connectivity index (χ1) is 9.50. The number of hydrogen-bond donors (Lipinski definition) is 1. The van der Waals surface area contributed by atoms with Gasteiger partial charge >= 0.3 is 0 Å². The highest BCUT2D eigenvalue weighted by Gasteiger charge is 2.23. The van der Waals surface area contributed by atoms with Crippen LogP contribution in [0.15, 0.2) is 0 Å². The molecular formula is C15H29N3O2. The van der Waals surface area contributed by atoms with Crippen LogP contribution >= 0.6 is 0 Å². The van der Waals surface area contributed by atoms with E-state index in [-0.39, 0.29) is 11.8 Å². The molecule has 5 nitrogen and oxygen atoms in total. The van der Waals surface area contributed by atoms with Gasteiger partial charge < -0.3 is 15.1 Å². The Morgan fingerprint density at radius 1 is 1.10 bits per heavy atom. The third-order valence-corrected chi connectivity index (χ3v) is 3.88. The summed E-state index contributed by atoms with van der Waals surface area (Å²) in [7, 11) is 3.96. The average molecular weight is 283 g/mol. The van der Waals surface area contributed by atoms with Crippen molar-refractivity contribution in [1.29, 1.82) is 0 Å². The first-order valence-corrected chi connectivity index (χ1v) is 7.69. The molecular weight excluding hydrogens is 254 g/mol. The van der Waals surface area contributed by atoms with E-state index in [0.29, 0.717) is 25.6 Å². The molecule has 0 atom stereocenters. The van der Waals surface area contributed by atoms with Crippen molar-refractivity contribution in [3.05, 3.63) is 0 Å². The minimum atomic E-state index is 0.0360. The van der Waals surface area contributed by atoms with Gasteiger partial charge in [-0.05, 0) is 26.9 Å². The van der Waals surface area contributed by atoms with Crippen molar-refractivity contribution in [2.24, 2.45) is 0 Å². The Hall–Kier alpha value is -1.10. The fourth-order valence-corrected chi connectivity index (χ4v) is 2.72. The predicted molar refractivity (Wildman–Crippen MR) is 80.4 cm³/mol. The number of amides is 2. The number of rotatable bonds is 7. The number of hydrogen-bond acceptors (Lipinski definition) is 3. The van der Waals surface area contributed by atoms with Gasteiger partial charge in [-0.2, -0.15) is 0 Å². The lowest BCUT2D eigenvalue weighted by atomic mass is 9.94. The molecule has 1 rings (SSSR count). The molecule has 2 amide bonds. The van der Waals surface area contributed by atoms with Crippen LogP contribution < -0.4 is 5.32 Å². The molecule has 1 N–H and O–H groups in total. The van der Waals surface area contributed by atoms with E-state index in [4.69, 9.17) is 0 Å². The fraction of sp³-hybridized carbons (Fsp3) is 0.867. The minimum Gasteiger partial charge on any atom is -0.355 e. The summed E-state index contributed by atoms with van der Waals surface area (Å²) in [6.45, 7) is 3.66. The number of nitrogens with zero attached hydrogens (tertiary/aromatic N) is 2. The van der Waals surface area contributed by atoms with Gasteiger partial charge in [0.2, 0.25) is 11.8 Å². The van der Waals surface area contributed by atoms with Crippen LogP contribution in [0.5, 0.6) is 0 Å². The van der Waals surface area contributed by atoms with Crippen molar-refractivity contribution in [3.63, 3.8) is 0 Å². The second-order valence-electron chi connectivity index (χ2n) is 5.91. The Morgan fingerprint density at radius 3 is 2.30 bits per heavy atom. The molecule has 1 saturated carbocycles. The Kier molecular flexibility index (Phi) is 7.59. The average Bonchev–Trinajstić information content (AvgIpc) is 2.39. The summed E-state index contributed by atoms with van der Waals surface area (Å²) in [5, 5.41) is 2.89. The van der Waals surface area contributed by atoms with Gasteiger partial charge in [0.05, 0.1) is 0 Å². The van der Waals surface area contributed by atoms with Crippen LogP contribution in [0.4, 0.5) is 0 Å². The standard InChI is InChI=1S/C15H29N3O2/c1-13(19)18(14-7-5-4-6-8-14)11-9-15(20)16-10-12-17(2)3/h14H,4-12H2,1-3H3,(H,16,20). The van der Waals surface area contributed by atoms with Crippen LogP contribution in [-0.4, -0.2) is 61.4 Å². The molecule has 20 heavy (non-hydrogen) atoms. The van der Waals surface area contributed by atoms with E-state index in [9.17, 15) is 9.59 Å². The van der Waals surface area contributed by atoms with Gasteiger partial charge in [0.15, 0.2) is 0 Å². The van der Waals surface area contributed by atoms with Crippen LogP contribution in [0.25, 0.3) is 0 Å². The van der Waals surface area contributed by atoms with Gasteiger partial charge in [0.1, 0.15) is 0 Å². The molecule has 0 aromatic rings. The van der Waals surface area contributed by atoms with Gasteiger partial charge in [-0.1, -0.05) is 19.3 Å². The minimum absolute atomic E-state index is 0.0360. The van der Waals surface area contributed by atoms with Crippen molar-refractivity contribution in [3.8, 4) is 0 Å². The SMILES string of the molecule is CC(=O)N(CCC(=O)NCCN(C)C)C1CCCCC1. The van der Waals surface area contributed by atoms with E-state index < -0.39 is 0 Å². The topological polar surface area (TPSA) is 52.7 Å². The van der Waals surface area contributed by atoms with Gasteiger partial charge in [0, 0.05) is 39.0 Å². The van der Waals surface area contributed by atoms with E-state index in [1.54, 1.807) is 6.92 Å². The summed E-state index contributed by atoms with van der Waals surface area (Å²) in [6, 6.07) is 0.343. The number of likely N-dealkylation sites (N-methyl/N-ethyl adjacent to an activating group) is 1. The lowest BCUT2D eigenvalue weighted by Crippen LogP contribution is -2.42. The van der Waals surface area contributed by atoms with Gasteiger partial charge in [-0.15, -0.1) is 0 Å². The van der Waals surface area contributed by atoms with Gasteiger partial charge in [-0.3, -0.25) is 9.59 Å².